The van der Waals surface area contributed by atoms with Crippen molar-refractivity contribution in [1.29, 1.82) is 0 Å². The zero-order chi connectivity index (χ0) is 23.6. The third kappa shape index (κ3) is 5.45. The minimum atomic E-state index is -3.43. The third-order valence-corrected chi connectivity index (χ3v) is 9.09. The summed E-state index contributed by atoms with van der Waals surface area (Å²) in [6.07, 6.45) is 2.29. The average Bonchev–Trinajstić information content (AvgIpc) is 3.45. The summed E-state index contributed by atoms with van der Waals surface area (Å²) in [5, 5.41) is 0.657. The van der Waals surface area contributed by atoms with Crippen LogP contribution in [0.3, 0.4) is 0 Å². The minimum absolute atomic E-state index is 0.0144. The van der Waals surface area contributed by atoms with Crippen LogP contribution in [0.15, 0.2) is 41.3 Å². The summed E-state index contributed by atoms with van der Waals surface area (Å²) in [4.78, 5) is 20.1. The van der Waals surface area contributed by atoms with E-state index in [1.165, 1.54) is 11.3 Å². The van der Waals surface area contributed by atoms with Crippen LogP contribution in [0.2, 0.25) is 0 Å². The maximum Gasteiger partial charge on any atom is 0.228 e. The van der Waals surface area contributed by atoms with Crippen molar-refractivity contribution in [3.63, 3.8) is 0 Å². The summed E-state index contributed by atoms with van der Waals surface area (Å²) in [6, 6.07) is 11.0. The summed E-state index contributed by atoms with van der Waals surface area (Å²) in [7, 11) is -3.43. The van der Waals surface area contributed by atoms with Gasteiger partial charge in [0.2, 0.25) is 5.91 Å². The van der Waals surface area contributed by atoms with Crippen LogP contribution >= 0.6 is 11.3 Å². The molecule has 8 heteroatoms. The maximum absolute atomic E-state index is 13.3. The second-order valence-corrected chi connectivity index (χ2v) is 11.8. The fourth-order valence-corrected chi connectivity index (χ4v) is 6.50. The quantitative estimate of drug-likeness (QED) is 0.448. The number of nitrogens with zero attached hydrogens (tertiary/aromatic N) is 2. The highest BCUT2D eigenvalue weighted by molar-refractivity contribution is 7.91. The number of amides is 1. The Hall–Kier alpha value is -2.29. The highest BCUT2D eigenvalue weighted by Gasteiger charge is 2.27. The number of fused-ring (bicyclic) bond motifs is 1. The van der Waals surface area contributed by atoms with Gasteiger partial charge in [0.1, 0.15) is 0 Å². The fraction of sp³-hybridized carbons (Fsp3) is 0.440. The number of thiazole rings is 1. The number of sulfone groups is 1. The number of rotatable bonds is 8. The molecule has 6 nitrogen and oxygen atoms in total. The second-order valence-electron chi connectivity index (χ2n) is 8.75. The van der Waals surface area contributed by atoms with Gasteiger partial charge in [0.15, 0.2) is 15.0 Å². The molecule has 1 atom stereocenters. The van der Waals surface area contributed by atoms with E-state index in [0.29, 0.717) is 23.2 Å². The molecule has 2 heterocycles. The second kappa shape index (κ2) is 9.91. The zero-order valence-electron chi connectivity index (χ0n) is 19.3. The Labute approximate surface area is 199 Å². The van der Waals surface area contributed by atoms with Gasteiger partial charge in [-0.05, 0) is 63.3 Å². The number of aromatic nitrogens is 1. The van der Waals surface area contributed by atoms with Crippen LogP contribution in [0.5, 0.6) is 0 Å². The van der Waals surface area contributed by atoms with E-state index >= 15 is 0 Å². The van der Waals surface area contributed by atoms with Gasteiger partial charge in [-0.2, -0.15) is 0 Å². The topological polar surface area (TPSA) is 76.6 Å². The number of hydrogen-bond acceptors (Lipinski definition) is 6. The zero-order valence-corrected chi connectivity index (χ0v) is 21.0. The van der Waals surface area contributed by atoms with Crippen molar-refractivity contribution in [3.05, 3.63) is 53.1 Å². The van der Waals surface area contributed by atoms with Crippen LogP contribution in [-0.4, -0.2) is 44.3 Å². The van der Waals surface area contributed by atoms with E-state index < -0.39 is 9.84 Å². The van der Waals surface area contributed by atoms with Crippen LogP contribution in [-0.2, 0) is 19.4 Å². The molecular weight excluding hydrogens is 456 g/mol. The first kappa shape index (κ1) is 23.9. The van der Waals surface area contributed by atoms with E-state index in [1.807, 2.05) is 26.8 Å². The van der Waals surface area contributed by atoms with Gasteiger partial charge in [0.05, 0.1) is 33.5 Å². The molecule has 2 aromatic carbocycles. The Bertz CT molecular complexity index is 1200. The molecule has 1 saturated heterocycles. The molecular formula is C25H30N2O4S2. The molecule has 1 unspecified atom stereocenters. The summed E-state index contributed by atoms with van der Waals surface area (Å²) < 4.78 is 32.2. The fourth-order valence-electron chi connectivity index (χ4n) is 4.05. The molecule has 1 aromatic heterocycles. The molecule has 4 rings (SSSR count). The van der Waals surface area contributed by atoms with E-state index in [0.717, 1.165) is 39.7 Å². The predicted molar refractivity (Wildman–Crippen MR) is 133 cm³/mol. The van der Waals surface area contributed by atoms with Crippen molar-refractivity contribution in [3.8, 4) is 0 Å². The lowest BCUT2D eigenvalue weighted by molar-refractivity contribution is -0.119. The monoisotopic (exact) mass is 486 g/mol. The van der Waals surface area contributed by atoms with E-state index in [2.05, 4.69) is 6.07 Å². The van der Waals surface area contributed by atoms with Crippen molar-refractivity contribution in [2.75, 3.05) is 23.8 Å². The van der Waals surface area contributed by atoms with Gasteiger partial charge in [0.25, 0.3) is 0 Å². The van der Waals surface area contributed by atoms with Crippen molar-refractivity contribution >= 4 is 42.4 Å². The van der Waals surface area contributed by atoms with Gasteiger partial charge in [-0.15, -0.1) is 0 Å². The van der Waals surface area contributed by atoms with Crippen molar-refractivity contribution in [2.24, 2.45) is 0 Å². The summed E-state index contributed by atoms with van der Waals surface area (Å²) in [5.41, 5.74) is 4.14. The Kier molecular flexibility index (Phi) is 7.16. The van der Waals surface area contributed by atoms with Crippen LogP contribution < -0.4 is 4.90 Å². The van der Waals surface area contributed by atoms with E-state index in [9.17, 15) is 13.2 Å². The number of carbonyl (C=O) groups excluding carboxylic acids is 1. The van der Waals surface area contributed by atoms with E-state index in [1.54, 1.807) is 29.2 Å². The lowest BCUT2D eigenvalue weighted by Crippen LogP contribution is -2.37. The molecule has 0 N–H and O–H groups in total. The molecule has 3 aromatic rings. The van der Waals surface area contributed by atoms with Crippen molar-refractivity contribution in [2.45, 2.75) is 57.5 Å². The normalized spacial score (nSPS) is 16.4. The Balaban J connectivity index is 1.51. The summed E-state index contributed by atoms with van der Waals surface area (Å²) in [6.45, 7) is 7.14. The van der Waals surface area contributed by atoms with Gasteiger partial charge in [-0.25, -0.2) is 13.4 Å². The molecule has 33 heavy (non-hydrogen) atoms. The van der Waals surface area contributed by atoms with Crippen LogP contribution in [0.25, 0.3) is 10.2 Å². The number of aryl methyl sites for hydroxylation is 3. The molecule has 1 amide bonds. The predicted octanol–water partition coefficient (Wildman–Crippen LogP) is 4.99. The van der Waals surface area contributed by atoms with Crippen LogP contribution in [0.4, 0.5) is 5.13 Å². The average molecular weight is 487 g/mol. The smallest absolute Gasteiger partial charge is 0.228 e. The number of carbonyl (C=O) groups is 1. The highest BCUT2D eigenvalue weighted by atomic mass is 32.2. The molecule has 0 saturated carbocycles. The Morgan fingerprint density at radius 2 is 1.85 bits per heavy atom. The van der Waals surface area contributed by atoms with Gasteiger partial charge >= 0.3 is 0 Å². The van der Waals surface area contributed by atoms with E-state index in [4.69, 9.17) is 9.72 Å². The van der Waals surface area contributed by atoms with Gasteiger partial charge in [-0.1, -0.05) is 41.2 Å². The Morgan fingerprint density at radius 3 is 2.52 bits per heavy atom. The molecule has 0 radical (unpaired) electrons. The minimum Gasteiger partial charge on any atom is -0.376 e. The number of ether oxygens (including phenoxy) is 1. The Morgan fingerprint density at radius 1 is 1.12 bits per heavy atom. The highest BCUT2D eigenvalue weighted by Crippen LogP contribution is 2.34. The lowest BCUT2D eigenvalue weighted by Gasteiger charge is -2.23. The molecule has 0 aliphatic carbocycles. The lowest BCUT2D eigenvalue weighted by atomic mass is 10.1. The largest absolute Gasteiger partial charge is 0.376 e. The summed E-state index contributed by atoms with van der Waals surface area (Å²) in [5.74, 6) is -0.174. The summed E-state index contributed by atoms with van der Waals surface area (Å²) >= 11 is 1.52. The molecule has 1 aliphatic rings. The van der Waals surface area contributed by atoms with Gasteiger partial charge < -0.3 is 4.74 Å². The van der Waals surface area contributed by atoms with Gasteiger partial charge in [-0.3, -0.25) is 9.69 Å². The number of anilines is 1. The standard InChI is InChI=1S/C25H30N2O4S2/c1-17-8-12-21(13-9-17)33(29,30)15-5-7-22(28)27(16-20-6-4-14-31-20)25-26-23-18(2)10-11-19(3)24(23)32-25/h8-13,20H,4-7,14-16H2,1-3H3. The van der Waals surface area contributed by atoms with Gasteiger partial charge in [0, 0.05) is 13.0 Å². The van der Waals surface area contributed by atoms with E-state index in [-0.39, 0.29) is 30.6 Å². The molecule has 1 aliphatic heterocycles. The first-order valence-electron chi connectivity index (χ1n) is 11.3. The molecule has 0 bridgehead atoms. The molecule has 0 spiro atoms. The maximum atomic E-state index is 13.3. The number of hydrogen-bond donors (Lipinski definition) is 0. The molecule has 1 fully saturated rings. The van der Waals surface area contributed by atoms with Crippen LogP contribution in [0, 0.1) is 20.8 Å². The van der Waals surface area contributed by atoms with Crippen LogP contribution in [0.1, 0.15) is 42.4 Å². The van der Waals surface area contributed by atoms with Crippen molar-refractivity contribution < 1.29 is 17.9 Å². The van der Waals surface area contributed by atoms with Crippen molar-refractivity contribution in [1.82, 2.24) is 4.98 Å². The SMILES string of the molecule is Cc1ccc(S(=O)(=O)CCCC(=O)N(CC2CCCO2)c2nc3c(C)ccc(C)c3s2)cc1. The number of benzene rings is 2. The first-order chi connectivity index (χ1) is 15.7. The molecule has 176 valence electrons. The first-order valence-corrected chi connectivity index (χ1v) is 13.8. The third-order valence-electron chi connectivity index (χ3n) is 6.06.